The molecule has 4 heteroatoms. The van der Waals surface area contributed by atoms with Crippen molar-refractivity contribution in [2.75, 3.05) is 5.73 Å². The summed E-state index contributed by atoms with van der Waals surface area (Å²) in [5.74, 6) is -0.0824. The molecule has 0 fully saturated rings. The van der Waals surface area contributed by atoms with E-state index < -0.39 is 0 Å². The van der Waals surface area contributed by atoms with Crippen LogP contribution in [0, 0.1) is 6.92 Å². The molecule has 0 saturated heterocycles. The maximum absolute atomic E-state index is 11.9. The van der Waals surface area contributed by atoms with Crippen molar-refractivity contribution in [1.29, 1.82) is 0 Å². The number of carbonyl (C=O) groups is 1. The van der Waals surface area contributed by atoms with Gasteiger partial charge in [-0.2, -0.15) is 11.3 Å². The highest BCUT2D eigenvalue weighted by molar-refractivity contribution is 7.07. The number of carbonyl (C=O) groups excluding carboxylic acids is 1. The van der Waals surface area contributed by atoms with E-state index in [9.17, 15) is 4.79 Å². The van der Waals surface area contributed by atoms with Gasteiger partial charge in [-0.15, -0.1) is 0 Å². The van der Waals surface area contributed by atoms with Crippen LogP contribution in [0.25, 0.3) is 0 Å². The Kier molecular flexibility index (Phi) is 3.44. The lowest BCUT2D eigenvalue weighted by atomic mass is 10.1. The van der Waals surface area contributed by atoms with Gasteiger partial charge in [0, 0.05) is 17.8 Å². The van der Waals surface area contributed by atoms with Crippen LogP contribution in [0.5, 0.6) is 0 Å². The van der Waals surface area contributed by atoms with Crippen LogP contribution in [0.4, 0.5) is 5.69 Å². The molecular weight excluding hydrogens is 232 g/mol. The van der Waals surface area contributed by atoms with E-state index in [1.807, 2.05) is 29.8 Å². The second-order valence-electron chi connectivity index (χ2n) is 3.89. The molecule has 88 valence electrons. The number of thiophene rings is 1. The van der Waals surface area contributed by atoms with Gasteiger partial charge in [0.1, 0.15) is 0 Å². The third-order valence-electron chi connectivity index (χ3n) is 2.54. The molecule has 0 unspecified atom stereocenters. The Bertz CT molecular complexity index is 520. The maximum atomic E-state index is 11.9. The molecule has 1 amide bonds. The summed E-state index contributed by atoms with van der Waals surface area (Å²) < 4.78 is 0. The van der Waals surface area contributed by atoms with Crippen LogP contribution in [-0.4, -0.2) is 5.91 Å². The van der Waals surface area contributed by atoms with Gasteiger partial charge in [-0.25, -0.2) is 0 Å². The van der Waals surface area contributed by atoms with Gasteiger partial charge in [-0.05, 0) is 47.0 Å². The normalized spacial score (nSPS) is 10.2. The molecule has 0 aliphatic carbocycles. The smallest absolute Gasteiger partial charge is 0.251 e. The van der Waals surface area contributed by atoms with Crippen molar-refractivity contribution < 1.29 is 4.79 Å². The number of nitrogens with two attached hydrogens (primary N) is 1. The molecule has 1 aromatic carbocycles. The molecule has 0 spiro atoms. The van der Waals surface area contributed by atoms with Gasteiger partial charge in [-0.1, -0.05) is 6.07 Å². The first-order valence-electron chi connectivity index (χ1n) is 5.32. The van der Waals surface area contributed by atoms with E-state index in [0.717, 1.165) is 11.1 Å². The van der Waals surface area contributed by atoms with E-state index in [2.05, 4.69) is 5.32 Å². The first-order valence-corrected chi connectivity index (χ1v) is 6.26. The van der Waals surface area contributed by atoms with Gasteiger partial charge in [0.15, 0.2) is 0 Å². The van der Waals surface area contributed by atoms with Crippen LogP contribution in [0.2, 0.25) is 0 Å². The van der Waals surface area contributed by atoms with Crippen molar-refractivity contribution >= 4 is 22.9 Å². The summed E-state index contributed by atoms with van der Waals surface area (Å²) in [7, 11) is 0. The van der Waals surface area contributed by atoms with Crippen molar-refractivity contribution in [1.82, 2.24) is 5.32 Å². The van der Waals surface area contributed by atoms with E-state index in [1.54, 1.807) is 23.5 Å². The lowest BCUT2D eigenvalue weighted by Gasteiger charge is -2.07. The minimum atomic E-state index is -0.0824. The Morgan fingerprint density at radius 1 is 1.41 bits per heavy atom. The molecule has 0 aliphatic heterocycles. The number of amides is 1. The fraction of sp³-hybridized carbons (Fsp3) is 0.154. The van der Waals surface area contributed by atoms with E-state index in [0.29, 0.717) is 17.8 Å². The summed E-state index contributed by atoms with van der Waals surface area (Å²) in [5, 5.41) is 6.90. The topological polar surface area (TPSA) is 55.1 Å². The zero-order valence-corrected chi connectivity index (χ0v) is 10.4. The van der Waals surface area contributed by atoms with Crippen molar-refractivity contribution in [3.8, 4) is 0 Å². The Balaban J connectivity index is 2.07. The van der Waals surface area contributed by atoms with Gasteiger partial charge in [0.25, 0.3) is 5.91 Å². The van der Waals surface area contributed by atoms with Gasteiger partial charge in [0.2, 0.25) is 0 Å². The standard InChI is InChI=1S/C13H14N2OS/c1-9-2-3-11(14)6-12(9)13(16)15-7-10-4-5-17-8-10/h2-6,8H,7,14H2,1H3,(H,15,16). The lowest BCUT2D eigenvalue weighted by Crippen LogP contribution is -2.23. The number of nitrogens with one attached hydrogen (secondary N) is 1. The summed E-state index contributed by atoms with van der Waals surface area (Å²) in [4.78, 5) is 11.9. The van der Waals surface area contributed by atoms with Crippen LogP contribution in [0.1, 0.15) is 21.5 Å². The first kappa shape index (κ1) is 11.7. The lowest BCUT2D eigenvalue weighted by molar-refractivity contribution is 0.0950. The van der Waals surface area contributed by atoms with Crippen LogP contribution >= 0.6 is 11.3 Å². The molecule has 3 nitrogen and oxygen atoms in total. The maximum Gasteiger partial charge on any atom is 0.251 e. The number of hydrogen-bond acceptors (Lipinski definition) is 3. The van der Waals surface area contributed by atoms with E-state index in [1.165, 1.54) is 0 Å². The van der Waals surface area contributed by atoms with Gasteiger partial charge in [0.05, 0.1) is 0 Å². The molecule has 1 heterocycles. The second-order valence-corrected chi connectivity index (χ2v) is 4.67. The number of benzene rings is 1. The predicted octanol–water partition coefficient (Wildman–Crippen LogP) is 2.57. The largest absolute Gasteiger partial charge is 0.399 e. The Morgan fingerprint density at radius 3 is 2.94 bits per heavy atom. The minimum absolute atomic E-state index is 0.0824. The van der Waals surface area contributed by atoms with E-state index in [-0.39, 0.29) is 5.91 Å². The average Bonchev–Trinajstić information content (AvgIpc) is 2.82. The number of anilines is 1. The van der Waals surface area contributed by atoms with Gasteiger partial charge < -0.3 is 11.1 Å². The third kappa shape index (κ3) is 2.85. The highest BCUT2D eigenvalue weighted by Gasteiger charge is 2.08. The molecule has 0 bridgehead atoms. The monoisotopic (exact) mass is 246 g/mol. The molecule has 2 rings (SSSR count). The Hall–Kier alpha value is -1.81. The molecular formula is C13H14N2OS. The van der Waals surface area contributed by atoms with Crippen LogP contribution < -0.4 is 11.1 Å². The van der Waals surface area contributed by atoms with Crippen molar-refractivity contribution in [3.05, 3.63) is 51.7 Å². The zero-order chi connectivity index (χ0) is 12.3. The quantitative estimate of drug-likeness (QED) is 0.818. The Labute approximate surface area is 104 Å². The molecule has 0 aliphatic rings. The molecule has 0 radical (unpaired) electrons. The SMILES string of the molecule is Cc1ccc(N)cc1C(=O)NCc1ccsc1. The molecule has 0 atom stereocenters. The summed E-state index contributed by atoms with van der Waals surface area (Å²) in [6, 6.07) is 7.36. The first-order chi connectivity index (χ1) is 8.16. The zero-order valence-electron chi connectivity index (χ0n) is 9.57. The van der Waals surface area contributed by atoms with Crippen molar-refractivity contribution in [2.24, 2.45) is 0 Å². The highest BCUT2D eigenvalue weighted by atomic mass is 32.1. The predicted molar refractivity (Wildman–Crippen MR) is 71.1 cm³/mol. The Morgan fingerprint density at radius 2 is 2.24 bits per heavy atom. The number of aryl methyl sites for hydroxylation is 1. The fourth-order valence-corrected chi connectivity index (χ4v) is 2.22. The van der Waals surface area contributed by atoms with Crippen molar-refractivity contribution in [3.63, 3.8) is 0 Å². The summed E-state index contributed by atoms with van der Waals surface area (Å²) in [6.07, 6.45) is 0. The third-order valence-corrected chi connectivity index (χ3v) is 3.27. The van der Waals surface area contributed by atoms with Crippen LogP contribution in [-0.2, 0) is 6.54 Å². The summed E-state index contributed by atoms with van der Waals surface area (Å²) >= 11 is 1.62. The van der Waals surface area contributed by atoms with Crippen molar-refractivity contribution in [2.45, 2.75) is 13.5 Å². The average molecular weight is 246 g/mol. The van der Waals surface area contributed by atoms with Crippen LogP contribution in [0.15, 0.2) is 35.0 Å². The summed E-state index contributed by atoms with van der Waals surface area (Å²) in [6.45, 7) is 2.45. The number of rotatable bonds is 3. The van der Waals surface area contributed by atoms with Gasteiger partial charge in [-0.3, -0.25) is 4.79 Å². The minimum Gasteiger partial charge on any atom is -0.399 e. The highest BCUT2D eigenvalue weighted by Crippen LogP contribution is 2.13. The van der Waals surface area contributed by atoms with E-state index in [4.69, 9.17) is 5.73 Å². The second kappa shape index (κ2) is 5.01. The molecule has 3 N–H and O–H groups in total. The molecule has 17 heavy (non-hydrogen) atoms. The molecule has 0 saturated carbocycles. The molecule has 2 aromatic rings. The number of hydrogen-bond donors (Lipinski definition) is 2. The van der Waals surface area contributed by atoms with Crippen LogP contribution in [0.3, 0.4) is 0 Å². The van der Waals surface area contributed by atoms with E-state index >= 15 is 0 Å². The fourth-order valence-electron chi connectivity index (χ4n) is 1.56. The molecule has 1 aromatic heterocycles. The number of nitrogen functional groups attached to an aromatic ring is 1. The summed E-state index contributed by atoms with van der Waals surface area (Å²) in [5.41, 5.74) is 8.97. The van der Waals surface area contributed by atoms with Gasteiger partial charge >= 0.3 is 0 Å².